The quantitative estimate of drug-likeness (QED) is 0.476. The summed E-state index contributed by atoms with van der Waals surface area (Å²) in [7, 11) is 0. The molecule has 0 amide bonds. The van der Waals surface area contributed by atoms with Crippen LogP contribution < -0.4 is 0 Å². The Morgan fingerprint density at radius 3 is 2.70 bits per heavy atom. The van der Waals surface area contributed by atoms with E-state index < -0.39 is 0 Å². The lowest BCUT2D eigenvalue weighted by Gasteiger charge is -2.57. The van der Waals surface area contributed by atoms with E-state index in [2.05, 4.69) is 26.8 Å². The number of hydrogen-bond acceptors (Lipinski definition) is 0. The first-order valence-corrected chi connectivity index (χ1v) is 9.25. The molecule has 112 valence electrons. The molecule has 20 heavy (non-hydrogen) atoms. The summed E-state index contributed by atoms with van der Waals surface area (Å²) in [6, 6.07) is 0. The lowest BCUT2D eigenvalue weighted by Crippen LogP contribution is -2.49. The maximum absolute atomic E-state index is 2.70. The average molecular weight is 272 g/mol. The van der Waals surface area contributed by atoms with Crippen LogP contribution in [-0.4, -0.2) is 0 Å². The van der Waals surface area contributed by atoms with E-state index in [4.69, 9.17) is 0 Å². The fourth-order valence-electron chi connectivity index (χ4n) is 6.96. The van der Waals surface area contributed by atoms with Gasteiger partial charge in [0.05, 0.1) is 0 Å². The largest absolute Gasteiger partial charge is 0.0845 e. The summed E-state index contributed by atoms with van der Waals surface area (Å²) in [5.41, 5.74) is 3.13. The van der Waals surface area contributed by atoms with Crippen molar-refractivity contribution in [3.05, 3.63) is 11.6 Å². The fraction of sp³-hybridized carbons (Fsp3) is 0.900. The molecule has 1 unspecified atom stereocenters. The highest BCUT2D eigenvalue weighted by molar-refractivity contribution is 5.24. The van der Waals surface area contributed by atoms with Gasteiger partial charge in [-0.1, -0.05) is 38.8 Å². The predicted octanol–water partition coefficient (Wildman–Crippen LogP) is 5.98. The lowest BCUT2D eigenvalue weighted by molar-refractivity contribution is -0.0384. The van der Waals surface area contributed by atoms with Crippen LogP contribution in [0.25, 0.3) is 0 Å². The summed E-state index contributed by atoms with van der Waals surface area (Å²) in [6.07, 6.45) is 16.0. The molecule has 0 aromatic rings. The predicted molar refractivity (Wildman–Crippen MR) is 85.5 cm³/mol. The number of rotatable bonds is 0. The molecule has 0 heteroatoms. The molecule has 0 nitrogen and oxygen atoms in total. The van der Waals surface area contributed by atoms with Crippen molar-refractivity contribution in [3.63, 3.8) is 0 Å². The average Bonchev–Trinajstić information content (AvgIpc) is 2.74. The second-order valence-corrected chi connectivity index (χ2v) is 8.99. The molecule has 0 spiro atoms. The number of fused-ring (bicyclic) bond motifs is 5. The van der Waals surface area contributed by atoms with Gasteiger partial charge in [0.2, 0.25) is 0 Å². The summed E-state index contributed by atoms with van der Waals surface area (Å²) >= 11 is 0. The molecule has 3 saturated carbocycles. The van der Waals surface area contributed by atoms with Gasteiger partial charge in [-0.05, 0) is 85.9 Å². The molecule has 4 aliphatic carbocycles. The minimum atomic E-state index is 0.592. The molecule has 0 aromatic carbocycles. The van der Waals surface area contributed by atoms with Gasteiger partial charge in [0, 0.05) is 0 Å². The summed E-state index contributed by atoms with van der Waals surface area (Å²) in [6.45, 7) is 7.80. The summed E-state index contributed by atoms with van der Waals surface area (Å²) < 4.78 is 0. The Morgan fingerprint density at radius 2 is 1.85 bits per heavy atom. The van der Waals surface area contributed by atoms with Crippen LogP contribution in [0.15, 0.2) is 11.6 Å². The van der Waals surface area contributed by atoms with E-state index in [1.165, 1.54) is 57.8 Å². The number of hydrogen-bond donors (Lipinski definition) is 0. The first kappa shape index (κ1) is 13.4. The normalized spacial score (nSPS) is 54.6. The van der Waals surface area contributed by atoms with Crippen molar-refractivity contribution in [2.24, 2.45) is 34.5 Å². The third-order valence-corrected chi connectivity index (χ3v) is 8.49. The summed E-state index contributed by atoms with van der Waals surface area (Å²) in [5.74, 6) is 4.04. The van der Waals surface area contributed by atoms with Crippen molar-refractivity contribution in [3.8, 4) is 0 Å². The molecular weight excluding hydrogens is 240 g/mol. The monoisotopic (exact) mass is 272 g/mol. The van der Waals surface area contributed by atoms with Crippen LogP contribution in [-0.2, 0) is 0 Å². The van der Waals surface area contributed by atoms with Gasteiger partial charge in [-0.3, -0.25) is 0 Å². The van der Waals surface area contributed by atoms with E-state index >= 15 is 0 Å². The maximum Gasteiger partial charge on any atom is -0.00853 e. The first-order chi connectivity index (χ1) is 9.56. The maximum atomic E-state index is 2.70. The molecule has 0 saturated heterocycles. The Hall–Kier alpha value is -0.260. The molecule has 0 radical (unpaired) electrons. The Kier molecular flexibility index (Phi) is 2.93. The SMILES string of the molecule is CC1CC[C@H]2[C@@H]3CC=C4CCCC[C@]4(C)[C@@H]3CC[C@]12C. The van der Waals surface area contributed by atoms with Gasteiger partial charge in [-0.15, -0.1) is 0 Å². The third-order valence-electron chi connectivity index (χ3n) is 8.49. The van der Waals surface area contributed by atoms with Crippen LogP contribution in [0.4, 0.5) is 0 Å². The highest BCUT2D eigenvalue weighted by Gasteiger charge is 2.57. The number of allylic oxidation sites excluding steroid dienone is 2. The van der Waals surface area contributed by atoms with Gasteiger partial charge in [0.15, 0.2) is 0 Å². The molecule has 0 N–H and O–H groups in total. The fourth-order valence-corrected chi connectivity index (χ4v) is 6.96. The molecule has 3 fully saturated rings. The smallest absolute Gasteiger partial charge is 0.00853 e. The van der Waals surface area contributed by atoms with Gasteiger partial charge in [-0.25, -0.2) is 0 Å². The molecule has 0 bridgehead atoms. The third kappa shape index (κ3) is 1.60. The van der Waals surface area contributed by atoms with Crippen LogP contribution in [0.5, 0.6) is 0 Å². The Bertz CT molecular complexity index is 433. The zero-order valence-electron chi connectivity index (χ0n) is 13.8. The van der Waals surface area contributed by atoms with E-state index in [-0.39, 0.29) is 0 Å². The lowest BCUT2D eigenvalue weighted by atomic mass is 9.47. The second-order valence-electron chi connectivity index (χ2n) is 8.99. The zero-order chi connectivity index (χ0) is 14.0. The Labute approximate surface area is 125 Å². The van der Waals surface area contributed by atoms with Crippen LogP contribution in [0.3, 0.4) is 0 Å². The molecule has 0 heterocycles. The van der Waals surface area contributed by atoms with Gasteiger partial charge < -0.3 is 0 Å². The molecule has 0 aliphatic heterocycles. The van der Waals surface area contributed by atoms with E-state index in [9.17, 15) is 0 Å². The topological polar surface area (TPSA) is 0 Å². The van der Waals surface area contributed by atoms with Crippen molar-refractivity contribution in [1.82, 2.24) is 0 Å². The van der Waals surface area contributed by atoms with E-state index in [1.807, 2.05) is 5.57 Å². The van der Waals surface area contributed by atoms with Crippen LogP contribution in [0.2, 0.25) is 0 Å². The van der Waals surface area contributed by atoms with E-state index in [0.29, 0.717) is 10.8 Å². The van der Waals surface area contributed by atoms with Crippen molar-refractivity contribution >= 4 is 0 Å². The van der Waals surface area contributed by atoms with Gasteiger partial charge >= 0.3 is 0 Å². The van der Waals surface area contributed by atoms with Crippen LogP contribution in [0, 0.1) is 34.5 Å². The first-order valence-electron chi connectivity index (χ1n) is 9.25. The van der Waals surface area contributed by atoms with Crippen molar-refractivity contribution < 1.29 is 0 Å². The van der Waals surface area contributed by atoms with Gasteiger partial charge in [0.25, 0.3) is 0 Å². The molecule has 4 aliphatic rings. The molecule has 0 aromatic heterocycles. The van der Waals surface area contributed by atoms with Gasteiger partial charge in [0.1, 0.15) is 0 Å². The molecule has 4 rings (SSSR count). The van der Waals surface area contributed by atoms with Crippen LogP contribution in [0.1, 0.15) is 78.6 Å². The zero-order valence-corrected chi connectivity index (χ0v) is 13.8. The van der Waals surface area contributed by atoms with Crippen LogP contribution >= 0.6 is 0 Å². The summed E-state index contributed by atoms with van der Waals surface area (Å²) in [5, 5.41) is 0. The highest BCUT2D eigenvalue weighted by Crippen LogP contribution is 2.66. The second kappa shape index (κ2) is 4.37. The Balaban J connectivity index is 1.69. The standard InChI is InChI=1S/C20H32/c1-14-7-10-17-16-9-8-15-6-4-5-12-20(15,3)18(16)11-13-19(14,17)2/h8,14,16-18H,4-7,9-13H2,1-3H3/t14?,16-,17-,18+,19+,20-/m0/s1. The van der Waals surface area contributed by atoms with Crippen molar-refractivity contribution in [1.29, 1.82) is 0 Å². The summed E-state index contributed by atoms with van der Waals surface area (Å²) in [4.78, 5) is 0. The Morgan fingerprint density at radius 1 is 1.00 bits per heavy atom. The minimum absolute atomic E-state index is 0.592. The van der Waals surface area contributed by atoms with Gasteiger partial charge in [-0.2, -0.15) is 0 Å². The van der Waals surface area contributed by atoms with Crippen molar-refractivity contribution in [2.45, 2.75) is 78.6 Å². The van der Waals surface area contributed by atoms with E-state index in [0.717, 1.165) is 23.7 Å². The minimum Gasteiger partial charge on any atom is -0.0845 e. The van der Waals surface area contributed by atoms with Crippen molar-refractivity contribution in [2.75, 3.05) is 0 Å². The van der Waals surface area contributed by atoms with E-state index in [1.54, 1.807) is 0 Å². The molecule has 6 atom stereocenters. The molecular formula is C20H32. The highest BCUT2D eigenvalue weighted by atomic mass is 14.6.